The highest BCUT2D eigenvalue weighted by Crippen LogP contribution is 2.27. The van der Waals surface area contributed by atoms with E-state index in [9.17, 15) is 4.79 Å². The van der Waals surface area contributed by atoms with Gasteiger partial charge in [0.15, 0.2) is 0 Å². The molecule has 0 atom stereocenters. The molecule has 0 aliphatic heterocycles. The van der Waals surface area contributed by atoms with Crippen molar-refractivity contribution in [3.8, 4) is 11.3 Å². The summed E-state index contributed by atoms with van der Waals surface area (Å²) in [4.78, 5) is 12.5. The van der Waals surface area contributed by atoms with Gasteiger partial charge in [-0.3, -0.25) is 4.79 Å². The predicted octanol–water partition coefficient (Wildman–Crippen LogP) is 5.47. The van der Waals surface area contributed by atoms with Crippen molar-refractivity contribution < 1.29 is 9.21 Å². The number of aryl methyl sites for hydroxylation is 2. The first-order valence-electron chi connectivity index (χ1n) is 7.28. The Bertz CT molecular complexity index is 850. The Kier molecular flexibility index (Phi) is 4.22. The SMILES string of the molecule is Cc1ccccc1NC(=O)c1cc(-c2ccc(Cl)cc2)oc1C. The zero-order valence-electron chi connectivity index (χ0n) is 12.9. The molecule has 0 radical (unpaired) electrons. The number of rotatable bonds is 3. The van der Waals surface area contributed by atoms with Gasteiger partial charge in [-0.05, 0) is 55.8 Å². The molecule has 1 N–H and O–H groups in total. The summed E-state index contributed by atoms with van der Waals surface area (Å²) < 4.78 is 5.73. The predicted molar refractivity (Wildman–Crippen MR) is 93.0 cm³/mol. The van der Waals surface area contributed by atoms with E-state index in [1.807, 2.05) is 43.3 Å². The fraction of sp³-hybridized carbons (Fsp3) is 0.105. The van der Waals surface area contributed by atoms with Crippen molar-refractivity contribution >= 4 is 23.2 Å². The first kappa shape index (κ1) is 15.4. The van der Waals surface area contributed by atoms with Crippen LogP contribution in [-0.2, 0) is 0 Å². The molecule has 4 heteroatoms. The smallest absolute Gasteiger partial charge is 0.259 e. The monoisotopic (exact) mass is 325 g/mol. The van der Waals surface area contributed by atoms with E-state index < -0.39 is 0 Å². The fourth-order valence-corrected chi connectivity index (χ4v) is 2.49. The molecule has 23 heavy (non-hydrogen) atoms. The molecule has 116 valence electrons. The number of carbonyl (C=O) groups is 1. The number of carbonyl (C=O) groups excluding carboxylic acids is 1. The maximum absolute atomic E-state index is 12.5. The second-order valence-corrected chi connectivity index (χ2v) is 5.79. The molecule has 0 saturated carbocycles. The van der Waals surface area contributed by atoms with Gasteiger partial charge in [0.05, 0.1) is 5.56 Å². The van der Waals surface area contributed by atoms with E-state index in [0.29, 0.717) is 22.1 Å². The number of nitrogens with one attached hydrogen (secondary N) is 1. The first-order chi connectivity index (χ1) is 11.0. The molecule has 0 aliphatic rings. The largest absolute Gasteiger partial charge is 0.461 e. The number of para-hydroxylation sites is 1. The van der Waals surface area contributed by atoms with E-state index in [1.165, 1.54) is 0 Å². The number of amides is 1. The van der Waals surface area contributed by atoms with Crippen LogP contribution < -0.4 is 5.32 Å². The molecule has 0 bridgehead atoms. The third-order valence-corrected chi connectivity index (χ3v) is 3.94. The molecule has 1 aromatic heterocycles. The van der Waals surface area contributed by atoms with Crippen LogP contribution in [0.1, 0.15) is 21.7 Å². The van der Waals surface area contributed by atoms with Gasteiger partial charge in [0, 0.05) is 16.3 Å². The summed E-state index contributed by atoms with van der Waals surface area (Å²) in [7, 11) is 0. The average molecular weight is 326 g/mol. The molecule has 0 fully saturated rings. The normalized spacial score (nSPS) is 10.6. The van der Waals surface area contributed by atoms with E-state index in [4.69, 9.17) is 16.0 Å². The minimum Gasteiger partial charge on any atom is -0.461 e. The Balaban J connectivity index is 1.87. The lowest BCUT2D eigenvalue weighted by molar-refractivity contribution is 0.102. The van der Waals surface area contributed by atoms with Gasteiger partial charge in [0.1, 0.15) is 11.5 Å². The van der Waals surface area contributed by atoms with Crippen molar-refractivity contribution in [1.82, 2.24) is 0 Å². The summed E-state index contributed by atoms with van der Waals surface area (Å²) in [6.07, 6.45) is 0. The van der Waals surface area contributed by atoms with Crippen molar-refractivity contribution in [2.75, 3.05) is 5.32 Å². The van der Waals surface area contributed by atoms with Crippen LogP contribution in [0.2, 0.25) is 5.02 Å². The summed E-state index contributed by atoms with van der Waals surface area (Å²) in [6, 6.07) is 16.7. The molecule has 3 nitrogen and oxygen atoms in total. The van der Waals surface area contributed by atoms with Gasteiger partial charge in [0.2, 0.25) is 0 Å². The van der Waals surface area contributed by atoms with Crippen LogP contribution in [0.4, 0.5) is 5.69 Å². The first-order valence-corrected chi connectivity index (χ1v) is 7.66. The molecule has 3 aromatic rings. The Morgan fingerprint density at radius 3 is 2.43 bits per heavy atom. The van der Waals surface area contributed by atoms with E-state index in [-0.39, 0.29) is 5.91 Å². The second-order valence-electron chi connectivity index (χ2n) is 5.36. The highest BCUT2D eigenvalue weighted by molar-refractivity contribution is 6.30. The molecule has 0 unspecified atom stereocenters. The van der Waals surface area contributed by atoms with Crippen LogP contribution in [0.25, 0.3) is 11.3 Å². The third kappa shape index (κ3) is 3.30. The summed E-state index contributed by atoms with van der Waals surface area (Å²) >= 11 is 5.90. The fourth-order valence-electron chi connectivity index (χ4n) is 2.37. The van der Waals surface area contributed by atoms with Crippen molar-refractivity contribution in [1.29, 1.82) is 0 Å². The molecule has 1 heterocycles. The minimum atomic E-state index is -0.180. The van der Waals surface area contributed by atoms with Crippen molar-refractivity contribution in [2.45, 2.75) is 13.8 Å². The van der Waals surface area contributed by atoms with E-state index in [1.54, 1.807) is 25.1 Å². The third-order valence-electron chi connectivity index (χ3n) is 3.68. The summed E-state index contributed by atoms with van der Waals surface area (Å²) in [5.41, 5.74) is 3.22. The molecule has 2 aromatic carbocycles. The number of halogens is 1. The highest BCUT2D eigenvalue weighted by atomic mass is 35.5. The summed E-state index contributed by atoms with van der Waals surface area (Å²) in [6.45, 7) is 3.74. The minimum absolute atomic E-state index is 0.180. The highest BCUT2D eigenvalue weighted by Gasteiger charge is 2.16. The zero-order valence-corrected chi connectivity index (χ0v) is 13.6. The van der Waals surface area contributed by atoms with Gasteiger partial charge in [-0.15, -0.1) is 0 Å². The Morgan fingerprint density at radius 2 is 1.74 bits per heavy atom. The molecule has 1 amide bonds. The average Bonchev–Trinajstić information content (AvgIpc) is 2.92. The molecule has 0 spiro atoms. The standard InChI is InChI=1S/C19H16ClNO2/c1-12-5-3-4-6-17(12)21-19(22)16-11-18(23-13(16)2)14-7-9-15(20)10-8-14/h3-11H,1-2H3,(H,21,22). The van der Waals surface area contributed by atoms with Crippen LogP contribution in [0.3, 0.4) is 0 Å². The van der Waals surface area contributed by atoms with Gasteiger partial charge < -0.3 is 9.73 Å². The van der Waals surface area contributed by atoms with E-state index in [2.05, 4.69) is 5.32 Å². The topological polar surface area (TPSA) is 42.2 Å². The quantitative estimate of drug-likeness (QED) is 0.693. The number of benzene rings is 2. The van der Waals surface area contributed by atoms with Crippen LogP contribution in [0, 0.1) is 13.8 Å². The lowest BCUT2D eigenvalue weighted by atomic mass is 10.1. The number of hydrogen-bond acceptors (Lipinski definition) is 2. The van der Waals surface area contributed by atoms with Gasteiger partial charge in [-0.1, -0.05) is 29.8 Å². The lowest BCUT2D eigenvalue weighted by Gasteiger charge is -2.06. The van der Waals surface area contributed by atoms with Crippen LogP contribution >= 0.6 is 11.6 Å². The molecule has 0 saturated heterocycles. The zero-order chi connectivity index (χ0) is 16.4. The van der Waals surface area contributed by atoms with Crippen molar-refractivity contribution in [3.63, 3.8) is 0 Å². The van der Waals surface area contributed by atoms with Gasteiger partial charge >= 0.3 is 0 Å². The summed E-state index contributed by atoms with van der Waals surface area (Å²) in [5, 5.41) is 3.58. The van der Waals surface area contributed by atoms with Gasteiger partial charge in [-0.2, -0.15) is 0 Å². The van der Waals surface area contributed by atoms with Crippen molar-refractivity contribution in [2.24, 2.45) is 0 Å². The molecular formula is C19H16ClNO2. The number of hydrogen-bond donors (Lipinski definition) is 1. The Labute approximate surface area is 139 Å². The van der Waals surface area contributed by atoms with Gasteiger partial charge in [0.25, 0.3) is 5.91 Å². The molecule has 3 rings (SSSR count). The number of furan rings is 1. The van der Waals surface area contributed by atoms with Gasteiger partial charge in [-0.25, -0.2) is 0 Å². The lowest BCUT2D eigenvalue weighted by Crippen LogP contribution is -2.12. The van der Waals surface area contributed by atoms with Crippen LogP contribution in [0.5, 0.6) is 0 Å². The maximum Gasteiger partial charge on any atom is 0.259 e. The molecular weight excluding hydrogens is 310 g/mol. The number of anilines is 1. The maximum atomic E-state index is 12.5. The van der Waals surface area contributed by atoms with Crippen LogP contribution in [0.15, 0.2) is 59.0 Å². The summed E-state index contributed by atoms with van der Waals surface area (Å²) in [5.74, 6) is 1.05. The van der Waals surface area contributed by atoms with Crippen molar-refractivity contribution in [3.05, 3.63) is 76.5 Å². The molecule has 0 aliphatic carbocycles. The Hall–Kier alpha value is -2.52. The van der Waals surface area contributed by atoms with E-state index >= 15 is 0 Å². The van der Waals surface area contributed by atoms with E-state index in [0.717, 1.165) is 16.8 Å². The second kappa shape index (κ2) is 6.31. The Morgan fingerprint density at radius 1 is 1.04 bits per heavy atom. The van der Waals surface area contributed by atoms with Crippen LogP contribution in [-0.4, -0.2) is 5.91 Å².